The van der Waals surface area contributed by atoms with Gasteiger partial charge in [0.25, 0.3) is 5.69 Å². The second-order valence-electron chi connectivity index (χ2n) is 5.85. The molecule has 0 spiro atoms. The zero-order chi connectivity index (χ0) is 19.3. The minimum atomic E-state index is -0.443. The molecule has 0 aliphatic carbocycles. The SMILES string of the molecule is O=[N+]([O-])c1cccc(C=NNc2nc(-c3ccccn3)nc3ccccc23)c1. The van der Waals surface area contributed by atoms with E-state index in [4.69, 9.17) is 0 Å². The molecule has 0 saturated carbocycles. The first-order valence-corrected chi connectivity index (χ1v) is 8.42. The lowest BCUT2D eigenvalue weighted by Crippen LogP contribution is -2.00. The summed E-state index contributed by atoms with van der Waals surface area (Å²) in [6.07, 6.45) is 3.19. The summed E-state index contributed by atoms with van der Waals surface area (Å²) in [5, 5.41) is 15.9. The number of rotatable bonds is 5. The maximum Gasteiger partial charge on any atom is 0.270 e. The monoisotopic (exact) mass is 370 g/mol. The second-order valence-corrected chi connectivity index (χ2v) is 5.85. The van der Waals surface area contributed by atoms with Gasteiger partial charge in [0.2, 0.25) is 0 Å². The number of pyridine rings is 1. The number of benzene rings is 2. The van der Waals surface area contributed by atoms with Gasteiger partial charge < -0.3 is 0 Å². The van der Waals surface area contributed by atoms with Crippen molar-refractivity contribution in [2.45, 2.75) is 0 Å². The van der Waals surface area contributed by atoms with Gasteiger partial charge in [-0.15, -0.1) is 0 Å². The Bertz CT molecular complexity index is 1180. The van der Waals surface area contributed by atoms with E-state index in [0.717, 1.165) is 10.9 Å². The highest BCUT2D eigenvalue weighted by Crippen LogP contribution is 2.23. The van der Waals surface area contributed by atoms with Crippen molar-refractivity contribution in [1.29, 1.82) is 0 Å². The minimum absolute atomic E-state index is 0.00822. The molecule has 0 unspecified atom stereocenters. The number of nitrogens with zero attached hydrogens (tertiary/aromatic N) is 5. The van der Waals surface area contributed by atoms with Gasteiger partial charge >= 0.3 is 0 Å². The van der Waals surface area contributed by atoms with Crippen LogP contribution >= 0.6 is 0 Å². The Morgan fingerprint density at radius 1 is 1.00 bits per heavy atom. The highest BCUT2D eigenvalue weighted by molar-refractivity contribution is 5.91. The zero-order valence-electron chi connectivity index (χ0n) is 14.6. The smallest absolute Gasteiger partial charge is 0.261 e. The van der Waals surface area contributed by atoms with Crippen molar-refractivity contribution in [3.05, 3.63) is 88.6 Å². The normalized spacial score (nSPS) is 11.0. The minimum Gasteiger partial charge on any atom is -0.261 e. The number of hydrazone groups is 1. The molecule has 0 fully saturated rings. The van der Waals surface area contributed by atoms with Gasteiger partial charge in [-0.25, -0.2) is 9.97 Å². The van der Waals surface area contributed by atoms with Crippen molar-refractivity contribution in [2.24, 2.45) is 5.10 Å². The van der Waals surface area contributed by atoms with Crippen molar-refractivity contribution in [3.63, 3.8) is 0 Å². The molecule has 8 heteroatoms. The number of hydrogen-bond acceptors (Lipinski definition) is 7. The Balaban J connectivity index is 1.68. The Hall–Kier alpha value is -4.20. The van der Waals surface area contributed by atoms with Crippen molar-refractivity contribution < 1.29 is 4.92 Å². The number of nitro benzene ring substituents is 1. The fraction of sp³-hybridized carbons (Fsp3) is 0. The van der Waals surface area contributed by atoms with Crippen LogP contribution in [-0.4, -0.2) is 26.1 Å². The summed E-state index contributed by atoms with van der Waals surface area (Å²) in [4.78, 5) is 23.8. The molecule has 0 radical (unpaired) electrons. The van der Waals surface area contributed by atoms with E-state index in [0.29, 0.717) is 22.9 Å². The fourth-order valence-corrected chi connectivity index (χ4v) is 2.66. The Kier molecular flexibility index (Phi) is 4.67. The van der Waals surface area contributed by atoms with E-state index in [1.54, 1.807) is 18.3 Å². The lowest BCUT2D eigenvalue weighted by atomic mass is 10.2. The van der Waals surface area contributed by atoms with Crippen LogP contribution in [0.25, 0.3) is 22.4 Å². The molecule has 0 amide bonds. The first-order valence-electron chi connectivity index (χ1n) is 8.42. The summed E-state index contributed by atoms with van der Waals surface area (Å²) in [6, 6.07) is 19.3. The lowest BCUT2D eigenvalue weighted by molar-refractivity contribution is -0.384. The van der Waals surface area contributed by atoms with E-state index < -0.39 is 4.92 Å². The van der Waals surface area contributed by atoms with Gasteiger partial charge in [0, 0.05) is 29.3 Å². The molecule has 8 nitrogen and oxygen atoms in total. The summed E-state index contributed by atoms with van der Waals surface area (Å²) in [7, 11) is 0. The number of anilines is 1. The lowest BCUT2D eigenvalue weighted by Gasteiger charge is -2.07. The zero-order valence-corrected chi connectivity index (χ0v) is 14.6. The summed E-state index contributed by atoms with van der Waals surface area (Å²) >= 11 is 0. The predicted octanol–water partition coefficient (Wildman–Crippen LogP) is 4.05. The molecule has 136 valence electrons. The molecule has 1 N–H and O–H groups in total. The van der Waals surface area contributed by atoms with Gasteiger partial charge in [0.15, 0.2) is 11.6 Å². The van der Waals surface area contributed by atoms with Crippen LogP contribution < -0.4 is 5.43 Å². The third kappa shape index (κ3) is 3.65. The third-order valence-electron chi connectivity index (χ3n) is 3.96. The molecule has 2 heterocycles. The molecule has 2 aromatic heterocycles. The van der Waals surface area contributed by atoms with Crippen molar-refractivity contribution in [3.8, 4) is 11.5 Å². The van der Waals surface area contributed by atoms with Crippen LogP contribution in [0, 0.1) is 10.1 Å². The topological polar surface area (TPSA) is 106 Å². The molecule has 0 aliphatic heterocycles. The van der Waals surface area contributed by atoms with E-state index in [1.807, 2.05) is 42.5 Å². The summed E-state index contributed by atoms with van der Waals surface area (Å²) in [5.74, 6) is 1.00. The maximum atomic E-state index is 10.9. The van der Waals surface area contributed by atoms with Crippen molar-refractivity contribution in [1.82, 2.24) is 15.0 Å². The summed E-state index contributed by atoms with van der Waals surface area (Å²) < 4.78 is 0. The van der Waals surface area contributed by atoms with E-state index in [2.05, 4.69) is 25.5 Å². The van der Waals surface area contributed by atoms with Crippen LogP contribution in [0.3, 0.4) is 0 Å². The Morgan fingerprint density at radius 3 is 2.68 bits per heavy atom. The van der Waals surface area contributed by atoms with Gasteiger partial charge in [-0.2, -0.15) is 5.10 Å². The van der Waals surface area contributed by atoms with Crippen molar-refractivity contribution in [2.75, 3.05) is 5.43 Å². The largest absolute Gasteiger partial charge is 0.270 e. The van der Waals surface area contributed by atoms with Gasteiger partial charge in [-0.3, -0.25) is 20.5 Å². The van der Waals surface area contributed by atoms with E-state index in [-0.39, 0.29) is 5.69 Å². The number of non-ortho nitro benzene ring substituents is 1. The van der Waals surface area contributed by atoms with Gasteiger partial charge in [-0.05, 0) is 24.3 Å². The standard InChI is InChI=1S/C20H14N6O2/c27-26(28)15-7-5-6-14(12-15)13-22-25-19-16-8-1-2-9-17(16)23-20(24-19)18-10-3-4-11-21-18/h1-13H,(H,23,24,25). The molecule has 0 aliphatic rings. The maximum absolute atomic E-state index is 10.9. The molecule has 28 heavy (non-hydrogen) atoms. The average Bonchev–Trinajstić information content (AvgIpc) is 2.74. The number of fused-ring (bicyclic) bond motifs is 1. The average molecular weight is 370 g/mol. The summed E-state index contributed by atoms with van der Waals surface area (Å²) in [6.45, 7) is 0. The summed E-state index contributed by atoms with van der Waals surface area (Å²) in [5.41, 5.74) is 4.93. The molecule has 0 atom stereocenters. The highest BCUT2D eigenvalue weighted by Gasteiger charge is 2.09. The molecule has 2 aromatic carbocycles. The third-order valence-corrected chi connectivity index (χ3v) is 3.96. The van der Waals surface area contributed by atoms with Crippen LogP contribution in [0.1, 0.15) is 5.56 Å². The number of nitro groups is 1. The predicted molar refractivity (Wildman–Crippen MR) is 107 cm³/mol. The molecule has 4 rings (SSSR count). The van der Waals surface area contributed by atoms with Crippen LogP contribution in [0.5, 0.6) is 0 Å². The molecular weight excluding hydrogens is 356 g/mol. The fourth-order valence-electron chi connectivity index (χ4n) is 2.66. The number of para-hydroxylation sites is 1. The van der Waals surface area contributed by atoms with Gasteiger partial charge in [0.1, 0.15) is 5.69 Å². The van der Waals surface area contributed by atoms with Crippen LogP contribution in [-0.2, 0) is 0 Å². The molecule has 0 saturated heterocycles. The van der Waals surface area contributed by atoms with Crippen LogP contribution in [0.15, 0.2) is 78.0 Å². The van der Waals surface area contributed by atoms with E-state index >= 15 is 0 Å². The van der Waals surface area contributed by atoms with Crippen LogP contribution in [0.2, 0.25) is 0 Å². The quantitative estimate of drug-likeness (QED) is 0.323. The van der Waals surface area contributed by atoms with Gasteiger partial charge in [-0.1, -0.05) is 30.3 Å². The number of aromatic nitrogens is 3. The van der Waals surface area contributed by atoms with E-state index in [9.17, 15) is 10.1 Å². The van der Waals surface area contributed by atoms with Gasteiger partial charge in [0.05, 0.1) is 16.7 Å². The van der Waals surface area contributed by atoms with Crippen molar-refractivity contribution >= 4 is 28.6 Å². The molecule has 0 bridgehead atoms. The molecular formula is C20H14N6O2. The Labute approximate surface area is 159 Å². The van der Waals surface area contributed by atoms with E-state index in [1.165, 1.54) is 18.3 Å². The first kappa shape index (κ1) is 17.2. The highest BCUT2D eigenvalue weighted by atomic mass is 16.6. The molecule has 4 aromatic rings. The van der Waals surface area contributed by atoms with Crippen LogP contribution in [0.4, 0.5) is 11.5 Å². The second kappa shape index (κ2) is 7.58. The number of nitrogens with one attached hydrogen (secondary N) is 1. The Morgan fingerprint density at radius 2 is 1.86 bits per heavy atom. The number of hydrogen-bond donors (Lipinski definition) is 1. The first-order chi connectivity index (χ1) is 13.7.